The van der Waals surface area contributed by atoms with Gasteiger partial charge in [0.2, 0.25) is 5.79 Å². The summed E-state index contributed by atoms with van der Waals surface area (Å²) < 4.78 is 5.86. The summed E-state index contributed by atoms with van der Waals surface area (Å²) >= 11 is 0. The lowest BCUT2D eigenvalue weighted by Gasteiger charge is -2.75. The summed E-state index contributed by atoms with van der Waals surface area (Å²) in [6.45, 7) is 8.25. The van der Waals surface area contributed by atoms with Crippen LogP contribution in [0.1, 0.15) is 39.5 Å². The number of aliphatic hydroxyl groups excluding tert-OH is 4. The maximum absolute atomic E-state index is 11.7. The molecule has 0 radical (unpaired) electrons. The van der Waals surface area contributed by atoms with E-state index >= 15 is 0 Å². The largest absolute Gasteiger partial charge is 0.392 e. The van der Waals surface area contributed by atoms with E-state index in [0.717, 1.165) is 6.42 Å². The van der Waals surface area contributed by atoms with Crippen molar-refractivity contribution in [2.24, 2.45) is 34.0 Å². The zero-order chi connectivity index (χ0) is 18.9. The van der Waals surface area contributed by atoms with Crippen LogP contribution in [0, 0.1) is 34.0 Å². The molecule has 6 fully saturated rings. The normalized spacial score (nSPS) is 62.7. The molecule has 0 aromatic carbocycles. The van der Waals surface area contributed by atoms with Crippen LogP contribution in [0.5, 0.6) is 0 Å². The van der Waals surface area contributed by atoms with Crippen molar-refractivity contribution in [1.29, 1.82) is 0 Å². The molecule has 146 valence electrons. The van der Waals surface area contributed by atoms with Crippen LogP contribution in [0.3, 0.4) is 0 Å². The Kier molecular flexibility index (Phi) is 3.20. The van der Waals surface area contributed by atoms with Crippen LogP contribution in [-0.2, 0) is 4.74 Å². The van der Waals surface area contributed by atoms with Crippen molar-refractivity contribution >= 4 is 0 Å². The van der Waals surface area contributed by atoms with Gasteiger partial charge in [0, 0.05) is 17.3 Å². The second-order valence-corrected chi connectivity index (χ2v) is 10.2. The number of fused-ring (bicyclic) bond motifs is 2. The Hall–Kier alpha value is -0.500. The molecule has 26 heavy (non-hydrogen) atoms. The fraction of sp³-hybridized carbons (Fsp3) is 0.900. The predicted molar refractivity (Wildman–Crippen MR) is 91.7 cm³/mol. The summed E-state index contributed by atoms with van der Waals surface area (Å²) in [5.41, 5.74) is -2.01. The van der Waals surface area contributed by atoms with Gasteiger partial charge < -0.3 is 30.3 Å². The summed E-state index contributed by atoms with van der Waals surface area (Å²) in [7, 11) is 0. The molecule has 10 atom stereocenters. The molecule has 0 aromatic rings. The molecule has 0 aromatic heterocycles. The van der Waals surface area contributed by atoms with Crippen molar-refractivity contribution in [1.82, 2.24) is 0 Å². The molecular weight excluding hydrogens is 336 g/mol. The van der Waals surface area contributed by atoms with Gasteiger partial charge in [-0.2, -0.15) is 0 Å². The Morgan fingerprint density at radius 2 is 1.73 bits per heavy atom. The van der Waals surface area contributed by atoms with E-state index in [-0.39, 0.29) is 29.8 Å². The summed E-state index contributed by atoms with van der Waals surface area (Å²) in [6, 6.07) is 0. The standard InChI is InChI=1S/C20H30O6/c1-9-10-4-5-11-18-8-26-20(25,19(11,14(9)22)15(10)23)16(24)13(18)17(2,3)7-6-12(18)21/h10-16,21-25H,1,4-8H2,2-3H3/t10-,11-,12+,13+,14-,15?,16+,18+,19-,20-/m1/s1. The van der Waals surface area contributed by atoms with Gasteiger partial charge in [0.1, 0.15) is 6.10 Å². The minimum atomic E-state index is -2.05. The van der Waals surface area contributed by atoms with Crippen molar-refractivity contribution in [3.63, 3.8) is 0 Å². The van der Waals surface area contributed by atoms with E-state index in [2.05, 4.69) is 20.4 Å². The lowest BCUT2D eigenvalue weighted by Crippen LogP contribution is -2.86. The number of ether oxygens (including phenoxy) is 1. The highest BCUT2D eigenvalue weighted by Gasteiger charge is 2.86. The average Bonchev–Trinajstić information content (AvgIpc) is 2.69. The Morgan fingerprint density at radius 1 is 1.04 bits per heavy atom. The van der Waals surface area contributed by atoms with Crippen LogP contribution in [-0.4, -0.2) is 62.3 Å². The van der Waals surface area contributed by atoms with Crippen LogP contribution in [0.25, 0.3) is 0 Å². The zero-order valence-corrected chi connectivity index (χ0v) is 15.4. The van der Waals surface area contributed by atoms with Crippen LogP contribution in [0.15, 0.2) is 12.2 Å². The minimum absolute atomic E-state index is 0.138. The quantitative estimate of drug-likeness (QED) is 0.391. The highest BCUT2D eigenvalue weighted by Crippen LogP contribution is 2.77. The van der Waals surface area contributed by atoms with Crippen molar-refractivity contribution in [2.75, 3.05) is 6.61 Å². The number of rotatable bonds is 0. The fourth-order valence-electron chi connectivity index (χ4n) is 8.15. The highest BCUT2D eigenvalue weighted by atomic mass is 16.6. The van der Waals surface area contributed by atoms with Crippen molar-refractivity contribution in [3.05, 3.63) is 12.2 Å². The summed E-state index contributed by atoms with van der Waals surface area (Å²) in [5.74, 6) is -3.06. The third kappa shape index (κ3) is 1.45. The number of hydrogen-bond acceptors (Lipinski definition) is 6. The van der Waals surface area contributed by atoms with E-state index in [1.807, 2.05) is 0 Å². The van der Waals surface area contributed by atoms with Gasteiger partial charge >= 0.3 is 0 Å². The number of hydrogen-bond donors (Lipinski definition) is 5. The molecule has 4 saturated carbocycles. The maximum atomic E-state index is 11.7. The van der Waals surface area contributed by atoms with Gasteiger partial charge in [0.15, 0.2) is 0 Å². The molecular formula is C20H30O6. The van der Waals surface area contributed by atoms with Gasteiger partial charge in [-0.05, 0) is 42.6 Å². The molecule has 2 aliphatic heterocycles. The first-order valence-electron chi connectivity index (χ1n) is 9.84. The molecule has 2 heterocycles. The van der Waals surface area contributed by atoms with Gasteiger partial charge in [-0.3, -0.25) is 0 Å². The van der Waals surface area contributed by atoms with Crippen molar-refractivity contribution in [2.45, 2.75) is 69.7 Å². The van der Waals surface area contributed by atoms with Crippen LogP contribution >= 0.6 is 0 Å². The highest BCUT2D eigenvalue weighted by molar-refractivity contribution is 5.37. The van der Waals surface area contributed by atoms with Crippen LogP contribution in [0.2, 0.25) is 0 Å². The topological polar surface area (TPSA) is 110 Å². The summed E-state index contributed by atoms with van der Waals surface area (Å²) in [6.07, 6.45) is -1.53. The van der Waals surface area contributed by atoms with E-state index < -0.39 is 41.0 Å². The average molecular weight is 366 g/mol. The Labute approximate surface area is 153 Å². The molecule has 4 aliphatic carbocycles. The second-order valence-electron chi connectivity index (χ2n) is 10.2. The third-order valence-corrected chi connectivity index (χ3v) is 9.12. The zero-order valence-electron chi connectivity index (χ0n) is 15.4. The number of aliphatic hydroxyl groups is 5. The molecule has 1 unspecified atom stereocenters. The lowest BCUT2D eigenvalue weighted by atomic mass is 9.35. The molecule has 6 heteroatoms. The summed E-state index contributed by atoms with van der Waals surface area (Å²) in [5, 5.41) is 56.5. The molecule has 4 bridgehead atoms. The van der Waals surface area contributed by atoms with Gasteiger partial charge in [-0.25, -0.2) is 0 Å². The molecule has 0 amide bonds. The molecule has 6 nitrogen and oxygen atoms in total. The molecule has 5 N–H and O–H groups in total. The predicted octanol–water partition coefficient (Wildman–Crippen LogP) is 0.167. The first kappa shape index (κ1) is 17.6. The smallest absolute Gasteiger partial charge is 0.203 e. The van der Waals surface area contributed by atoms with Gasteiger partial charge in [-0.1, -0.05) is 20.4 Å². The monoisotopic (exact) mass is 366 g/mol. The molecule has 2 spiro atoms. The third-order valence-electron chi connectivity index (χ3n) is 9.12. The fourth-order valence-corrected chi connectivity index (χ4v) is 8.15. The van der Waals surface area contributed by atoms with Crippen molar-refractivity contribution in [3.8, 4) is 0 Å². The minimum Gasteiger partial charge on any atom is -0.392 e. The van der Waals surface area contributed by atoms with Gasteiger partial charge in [0.05, 0.1) is 30.3 Å². The molecule has 6 rings (SSSR count). The van der Waals surface area contributed by atoms with E-state index in [0.29, 0.717) is 24.8 Å². The van der Waals surface area contributed by atoms with Gasteiger partial charge in [-0.15, -0.1) is 0 Å². The Morgan fingerprint density at radius 3 is 2.42 bits per heavy atom. The molecule has 6 aliphatic rings. The van der Waals surface area contributed by atoms with Crippen molar-refractivity contribution < 1.29 is 30.3 Å². The van der Waals surface area contributed by atoms with Crippen LogP contribution in [0.4, 0.5) is 0 Å². The van der Waals surface area contributed by atoms with E-state index in [1.54, 1.807) is 0 Å². The van der Waals surface area contributed by atoms with E-state index in [1.165, 1.54) is 0 Å². The SMILES string of the molecule is C=C1[C@H]2CC[C@@H]3[C@]45CO[C@](O)([C@@H](O)[C@H]4C(C)(C)CC[C@@H]5O)[C@@]3(C2O)[C@@H]1O. The second kappa shape index (κ2) is 4.73. The molecule has 2 saturated heterocycles. The Bertz CT molecular complexity index is 677. The van der Waals surface area contributed by atoms with Crippen LogP contribution < -0.4 is 0 Å². The first-order valence-corrected chi connectivity index (χ1v) is 9.84. The van der Waals surface area contributed by atoms with E-state index in [4.69, 9.17) is 4.74 Å². The van der Waals surface area contributed by atoms with E-state index in [9.17, 15) is 25.5 Å². The maximum Gasteiger partial charge on any atom is 0.203 e. The summed E-state index contributed by atoms with van der Waals surface area (Å²) in [4.78, 5) is 0. The first-order chi connectivity index (χ1) is 12.1. The Balaban J connectivity index is 1.80. The van der Waals surface area contributed by atoms with Gasteiger partial charge in [0.25, 0.3) is 0 Å². The lowest BCUT2D eigenvalue weighted by molar-refractivity contribution is -0.476.